The van der Waals surface area contributed by atoms with E-state index in [1.54, 1.807) is 18.2 Å². The lowest BCUT2D eigenvalue weighted by atomic mass is 10.3. The van der Waals surface area contributed by atoms with Gasteiger partial charge in [-0.3, -0.25) is 4.72 Å². The summed E-state index contributed by atoms with van der Waals surface area (Å²) in [6.45, 7) is 0. The van der Waals surface area contributed by atoms with Crippen LogP contribution in [0.2, 0.25) is 0 Å². The average molecular weight is 439 g/mol. The smallest absolute Gasteiger partial charge is 0.263 e. The lowest BCUT2D eigenvalue weighted by Gasteiger charge is -2.11. The normalized spacial score (nSPS) is 11.2. The van der Waals surface area contributed by atoms with Crippen molar-refractivity contribution in [2.75, 3.05) is 11.8 Å². The molecule has 0 saturated heterocycles. The van der Waals surface area contributed by atoms with E-state index in [4.69, 9.17) is 4.74 Å². The second-order valence-electron chi connectivity index (χ2n) is 4.03. The Morgan fingerprint density at radius 2 is 1.81 bits per heavy atom. The standard InChI is InChI=1S/C13H10Br2FNO3S/c1-20-12-4-3-9(7-10(12)14)17-21(18,19)13-5-2-8(16)6-11(13)15/h2-7,17H,1H3. The van der Waals surface area contributed by atoms with E-state index in [0.717, 1.165) is 12.1 Å². The number of nitrogens with one attached hydrogen (secondary N) is 1. The second kappa shape index (κ2) is 6.33. The van der Waals surface area contributed by atoms with Crippen molar-refractivity contribution in [3.05, 3.63) is 51.2 Å². The van der Waals surface area contributed by atoms with E-state index in [1.165, 1.54) is 13.2 Å². The number of benzene rings is 2. The molecule has 8 heteroatoms. The number of halogens is 3. The number of rotatable bonds is 4. The Labute approximate surface area is 138 Å². The molecular weight excluding hydrogens is 429 g/mol. The van der Waals surface area contributed by atoms with Gasteiger partial charge in [0.1, 0.15) is 16.5 Å². The monoisotopic (exact) mass is 437 g/mol. The van der Waals surface area contributed by atoms with Crippen molar-refractivity contribution in [1.82, 2.24) is 0 Å². The summed E-state index contributed by atoms with van der Waals surface area (Å²) in [5.74, 6) is 0.0638. The molecule has 0 aliphatic heterocycles. The topological polar surface area (TPSA) is 55.4 Å². The fourth-order valence-electron chi connectivity index (χ4n) is 1.63. The largest absolute Gasteiger partial charge is 0.496 e. The first kappa shape index (κ1) is 16.3. The van der Waals surface area contributed by atoms with E-state index in [9.17, 15) is 12.8 Å². The van der Waals surface area contributed by atoms with Gasteiger partial charge in [-0.15, -0.1) is 0 Å². The maximum absolute atomic E-state index is 13.0. The van der Waals surface area contributed by atoms with Gasteiger partial charge in [-0.25, -0.2) is 12.8 Å². The molecule has 0 aliphatic carbocycles. The van der Waals surface area contributed by atoms with Crippen molar-refractivity contribution in [1.29, 1.82) is 0 Å². The lowest BCUT2D eigenvalue weighted by molar-refractivity contribution is 0.412. The number of sulfonamides is 1. The van der Waals surface area contributed by atoms with Crippen LogP contribution < -0.4 is 9.46 Å². The van der Waals surface area contributed by atoms with Crippen LogP contribution in [0.5, 0.6) is 5.75 Å². The zero-order chi connectivity index (χ0) is 15.6. The fraction of sp³-hybridized carbons (Fsp3) is 0.0769. The first-order chi connectivity index (χ1) is 9.83. The third kappa shape index (κ3) is 3.75. The Balaban J connectivity index is 2.35. The van der Waals surface area contributed by atoms with Gasteiger partial charge in [-0.1, -0.05) is 0 Å². The molecule has 1 N–H and O–H groups in total. The number of methoxy groups -OCH3 is 1. The number of anilines is 1. The molecule has 2 aromatic rings. The van der Waals surface area contributed by atoms with Crippen molar-refractivity contribution >= 4 is 47.6 Å². The summed E-state index contributed by atoms with van der Waals surface area (Å²) in [5.41, 5.74) is 0.360. The Morgan fingerprint density at radius 3 is 2.38 bits per heavy atom. The van der Waals surface area contributed by atoms with Gasteiger partial charge < -0.3 is 4.74 Å². The second-order valence-corrected chi connectivity index (χ2v) is 7.39. The van der Waals surface area contributed by atoms with E-state index in [0.29, 0.717) is 15.9 Å². The molecule has 2 rings (SSSR count). The highest BCUT2D eigenvalue weighted by Crippen LogP contribution is 2.30. The van der Waals surface area contributed by atoms with Gasteiger partial charge in [0.05, 0.1) is 17.3 Å². The molecule has 0 saturated carbocycles. The molecule has 21 heavy (non-hydrogen) atoms. The Bertz CT molecular complexity index is 781. The highest BCUT2D eigenvalue weighted by Gasteiger charge is 2.18. The molecule has 0 aliphatic rings. The molecule has 4 nitrogen and oxygen atoms in total. The number of hydrogen-bond acceptors (Lipinski definition) is 3. The molecule has 2 aromatic carbocycles. The molecule has 0 amide bonds. The van der Waals surface area contributed by atoms with Crippen LogP contribution >= 0.6 is 31.9 Å². The molecular formula is C13H10Br2FNO3S. The molecule has 0 fully saturated rings. The minimum absolute atomic E-state index is 0.0455. The van der Waals surface area contributed by atoms with Crippen LogP contribution in [-0.4, -0.2) is 15.5 Å². The highest BCUT2D eigenvalue weighted by atomic mass is 79.9. The molecule has 112 valence electrons. The van der Waals surface area contributed by atoms with Crippen LogP contribution in [0.4, 0.5) is 10.1 Å². The van der Waals surface area contributed by atoms with Gasteiger partial charge in [0.2, 0.25) is 0 Å². The summed E-state index contributed by atoms with van der Waals surface area (Å²) in [4.78, 5) is -0.0455. The van der Waals surface area contributed by atoms with E-state index >= 15 is 0 Å². The maximum Gasteiger partial charge on any atom is 0.263 e. The molecule has 0 unspecified atom stereocenters. The van der Waals surface area contributed by atoms with Crippen molar-refractivity contribution in [2.45, 2.75) is 4.90 Å². The van der Waals surface area contributed by atoms with Gasteiger partial charge in [0.25, 0.3) is 10.0 Å². The third-order valence-electron chi connectivity index (χ3n) is 2.59. The molecule has 0 radical (unpaired) electrons. The van der Waals surface area contributed by atoms with Crippen LogP contribution in [0, 0.1) is 5.82 Å². The summed E-state index contributed by atoms with van der Waals surface area (Å²) in [6, 6.07) is 8.15. The predicted molar refractivity (Wildman–Crippen MR) is 85.6 cm³/mol. The summed E-state index contributed by atoms with van der Waals surface area (Å²) in [6.07, 6.45) is 0. The van der Waals surface area contributed by atoms with E-state index in [1.807, 2.05) is 0 Å². The van der Waals surface area contributed by atoms with Crippen LogP contribution in [0.25, 0.3) is 0 Å². The van der Waals surface area contributed by atoms with E-state index in [-0.39, 0.29) is 9.37 Å². The van der Waals surface area contributed by atoms with Crippen molar-refractivity contribution in [2.24, 2.45) is 0 Å². The SMILES string of the molecule is COc1ccc(NS(=O)(=O)c2ccc(F)cc2Br)cc1Br. The first-order valence-electron chi connectivity index (χ1n) is 5.65. The summed E-state index contributed by atoms with van der Waals surface area (Å²) >= 11 is 6.32. The zero-order valence-electron chi connectivity index (χ0n) is 10.7. The van der Waals surface area contributed by atoms with Crippen LogP contribution in [-0.2, 0) is 10.0 Å². The summed E-state index contributed by atoms with van der Waals surface area (Å²) < 4.78 is 45.9. The van der Waals surface area contributed by atoms with Crippen molar-refractivity contribution in [3.63, 3.8) is 0 Å². The van der Waals surface area contributed by atoms with E-state index in [2.05, 4.69) is 36.6 Å². The molecule has 0 atom stereocenters. The Morgan fingerprint density at radius 1 is 1.10 bits per heavy atom. The number of hydrogen-bond donors (Lipinski definition) is 1. The van der Waals surface area contributed by atoms with Gasteiger partial charge in [-0.05, 0) is 68.3 Å². The summed E-state index contributed by atoms with van der Waals surface area (Å²) in [5, 5.41) is 0. The van der Waals surface area contributed by atoms with E-state index < -0.39 is 15.8 Å². The minimum Gasteiger partial charge on any atom is -0.496 e. The molecule has 0 aromatic heterocycles. The molecule has 0 bridgehead atoms. The summed E-state index contributed by atoms with van der Waals surface area (Å²) in [7, 11) is -2.31. The van der Waals surface area contributed by atoms with Crippen LogP contribution in [0.3, 0.4) is 0 Å². The minimum atomic E-state index is -3.82. The highest BCUT2D eigenvalue weighted by molar-refractivity contribution is 9.10. The fourth-order valence-corrected chi connectivity index (χ4v) is 4.27. The van der Waals surface area contributed by atoms with Gasteiger partial charge >= 0.3 is 0 Å². The first-order valence-corrected chi connectivity index (χ1v) is 8.72. The van der Waals surface area contributed by atoms with Crippen molar-refractivity contribution < 1.29 is 17.5 Å². The lowest BCUT2D eigenvalue weighted by Crippen LogP contribution is -2.13. The Kier molecular flexibility index (Phi) is 4.90. The van der Waals surface area contributed by atoms with Crippen LogP contribution in [0.1, 0.15) is 0 Å². The maximum atomic E-state index is 13.0. The quantitative estimate of drug-likeness (QED) is 0.779. The Hall–Kier alpha value is -1.12. The van der Waals surface area contributed by atoms with Gasteiger partial charge in [-0.2, -0.15) is 0 Å². The van der Waals surface area contributed by atoms with Crippen LogP contribution in [0.15, 0.2) is 50.2 Å². The number of ether oxygens (including phenoxy) is 1. The van der Waals surface area contributed by atoms with Gasteiger partial charge in [0.15, 0.2) is 0 Å². The predicted octanol–water partition coefficient (Wildman–Crippen LogP) is 4.16. The third-order valence-corrected chi connectivity index (χ3v) is 5.57. The molecule has 0 spiro atoms. The van der Waals surface area contributed by atoms with Gasteiger partial charge in [0, 0.05) is 4.47 Å². The average Bonchev–Trinajstić information content (AvgIpc) is 2.37. The zero-order valence-corrected chi connectivity index (χ0v) is 14.7. The molecule has 0 heterocycles. The van der Waals surface area contributed by atoms with Crippen molar-refractivity contribution in [3.8, 4) is 5.75 Å².